The van der Waals surface area contributed by atoms with Crippen molar-refractivity contribution >= 4 is 11.8 Å². The van der Waals surface area contributed by atoms with Gasteiger partial charge in [-0.3, -0.25) is 4.79 Å². The first-order chi connectivity index (χ1) is 9.99. The molecule has 1 aliphatic carbocycles. The molecule has 0 amide bonds. The highest BCUT2D eigenvalue weighted by Gasteiger charge is 2.31. The fourth-order valence-electron chi connectivity index (χ4n) is 2.52. The van der Waals surface area contributed by atoms with Crippen LogP contribution in [0.25, 0.3) is 5.69 Å². The molecule has 21 heavy (non-hydrogen) atoms. The highest BCUT2D eigenvalue weighted by Crippen LogP contribution is 2.28. The van der Waals surface area contributed by atoms with Crippen LogP contribution in [0.4, 0.5) is 8.78 Å². The number of carbonyl (C=O) groups excluding carboxylic acids is 1. The number of carboxylic acids is 1. The lowest BCUT2D eigenvalue weighted by Gasteiger charge is -2.13. The number of fused-ring (bicyclic) bond motifs is 1. The summed E-state index contributed by atoms with van der Waals surface area (Å²) in [5.74, 6) is -3.11. The molecule has 7 heteroatoms. The molecule has 0 atom stereocenters. The van der Waals surface area contributed by atoms with Crippen LogP contribution in [0.5, 0.6) is 0 Å². The lowest BCUT2D eigenvalue weighted by Crippen LogP contribution is -2.15. The summed E-state index contributed by atoms with van der Waals surface area (Å²) in [6.07, 6.45) is 1.13. The van der Waals surface area contributed by atoms with Gasteiger partial charge in [-0.2, -0.15) is 5.10 Å². The average molecular weight is 292 g/mol. The fourth-order valence-corrected chi connectivity index (χ4v) is 2.52. The number of hydrogen-bond donors (Lipinski definition) is 1. The van der Waals surface area contributed by atoms with E-state index in [0.29, 0.717) is 18.5 Å². The Kier molecular flexibility index (Phi) is 3.04. The molecule has 0 saturated carbocycles. The van der Waals surface area contributed by atoms with Gasteiger partial charge in [0, 0.05) is 12.5 Å². The van der Waals surface area contributed by atoms with Crippen molar-refractivity contribution in [3.05, 3.63) is 46.8 Å². The second kappa shape index (κ2) is 4.76. The molecule has 0 radical (unpaired) electrons. The summed E-state index contributed by atoms with van der Waals surface area (Å²) in [5, 5.41) is 13.0. The molecule has 0 aliphatic heterocycles. The van der Waals surface area contributed by atoms with Crippen LogP contribution in [0, 0.1) is 11.6 Å². The zero-order valence-electron chi connectivity index (χ0n) is 10.8. The Morgan fingerprint density at radius 3 is 2.76 bits per heavy atom. The van der Waals surface area contributed by atoms with E-state index in [0.717, 1.165) is 22.9 Å². The third-order valence-corrected chi connectivity index (χ3v) is 3.42. The molecule has 1 N–H and O–H groups in total. The van der Waals surface area contributed by atoms with Gasteiger partial charge in [-0.15, -0.1) is 0 Å². The van der Waals surface area contributed by atoms with Crippen molar-refractivity contribution in [2.45, 2.75) is 19.3 Å². The number of nitrogens with zero attached hydrogens (tertiary/aromatic N) is 2. The lowest BCUT2D eigenvalue weighted by atomic mass is 9.94. The van der Waals surface area contributed by atoms with Crippen LogP contribution in [0.1, 0.15) is 39.4 Å². The predicted octanol–water partition coefficient (Wildman–Crippen LogP) is 2.37. The molecular formula is C14H10F2N2O3. The van der Waals surface area contributed by atoms with Gasteiger partial charge in [0.1, 0.15) is 17.3 Å². The Hall–Kier alpha value is -2.57. The van der Waals surface area contributed by atoms with Crippen molar-refractivity contribution in [2.75, 3.05) is 0 Å². The molecule has 1 heterocycles. The number of benzene rings is 1. The third-order valence-electron chi connectivity index (χ3n) is 3.42. The quantitative estimate of drug-likeness (QED) is 0.922. The molecule has 1 aromatic heterocycles. The smallest absolute Gasteiger partial charge is 0.357 e. The van der Waals surface area contributed by atoms with E-state index in [-0.39, 0.29) is 23.5 Å². The molecule has 1 aliphatic rings. The molecule has 5 nitrogen and oxygen atoms in total. The molecule has 0 fully saturated rings. The molecule has 108 valence electrons. The van der Waals surface area contributed by atoms with E-state index in [1.54, 1.807) is 0 Å². The number of rotatable bonds is 2. The highest BCUT2D eigenvalue weighted by molar-refractivity contribution is 6.06. The Morgan fingerprint density at radius 1 is 1.29 bits per heavy atom. The van der Waals surface area contributed by atoms with Crippen LogP contribution < -0.4 is 0 Å². The topological polar surface area (TPSA) is 72.2 Å². The summed E-state index contributed by atoms with van der Waals surface area (Å²) in [4.78, 5) is 23.1. The maximum Gasteiger partial charge on any atom is 0.357 e. The number of aromatic nitrogens is 2. The van der Waals surface area contributed by atoms with Crippen LogP contribution in [-0.2, 0) is 6.42 Å². The minimum atomic E-state index is -1.36. The lowest BCUT2D eigenvalue weighted by molar-refractivity contribution is 0.0684. The van der Waals surface area contributed by atoms with Gasteiger partial charge in [-0.25, -0.2) is 18.3 Å². The first kappa shape index (κ1) is 13.4. The summed E-state index contributed by atoms with van der Waals surface area (Å²) >= 11 is 0. The molecule has 0 saturated heterocycles. The first-order valence-electron chi connectivity index (χ1n) is 6.33. The van der Waals surface area contributed by atoms with Gasteiger partial charge in [0.25, 0.3) is 0 Å². The van der Waals surface area contributed by atoms with Gasteiger partial charge in [0.2, 0.25) is 0 Å². The van der Waals surface area contributed by atoms with E-state index in [4.69, 9.17) is 5.11 Å². The summed E-state index contributed by atoms with van der Waals surface area (Å²) in [6.45, 7) is 0. The highest BCUT2D eigenvalue weighted by atomic mass is 19.1. The molecule has 0 bridgehead atoms. The fraction of sp³-hybridized carbons (Fsp3) is 0.214. The molecular weight excluding hydrogens is 282 g/mol. The van der Waals surface area contributed by atoms with Crippen molar-refractivity contribution in [2.24, 2.45) is 0 Å². The van der Waals surface area contributed by atoms with Gasteiger partial charge >= 0.3 is 5.97 Å². The standard InChI is InChI=1S/C14H10F2N2O3/c15-7-4-5-8(16)10(6-7)18-9-2-1-3-11(19)12(9)13(17-18)14(20)21/h4-6H,1-3H2,(H,20,21). The van der Waals surface area contributed by atoms with Crippen molar-refractivity contribution in [1.82, 2.24) is 9.78 Å². The van der Waals surface area contributed by atoms with E-state index >= 15 is 0 Å². The number of aromatic carboxylic acids is 1. The molecule has 0 spiro atoms. The van der Waals surface area contributed by atoms with Gasteiger partial charge < -0.3 is 5.11 Å². The van der Waals surface area contributed by atoms with E-state index in [1.165, 1.54) is 0 Å². The number of halogens is 2. The Bertz CT molecular complexity index is 768. The van der Waals surface area contributed by atoms with Crippen LogP contribution in [0.3, 0.4) is 0 Å². The maximum absolute atomic E-state index is 13.9. The van der Waals surface area contributed by atoms with Crippen molar-refractivity contribution in [3.8, 4) is 5.69 Å². The van der Waals surface area contributed by atoms with Crippen molar-refractivity contribution < 1.29 is 23.5 Å². The van der Waals surface area contributed by atoms with Crippen LogP contribution in [0.15, 0.2) is 18.2 Å². The summed E-state index contributed by atoms with van der Waals surface area (Å²) in [5.41, 5.74) is -0.308. The zero-order chi connectivity index (χ0) is 15.1. The Morgan fingerprint density at radius 2 is 2.05 bits per heavy atom. The summed E-state index contributed by atoms with van der Waals surface area (Å²) in [6, 6.07) is 2.81. The summed E-state index contributed by atoms with van der Waals surface area (Å²) in [7, 11) is 0. The molecule has 0 unspecified atom stereocenters. The Balaban J connectivity index is 2.29. The number of Topliss-reactive ketones (excluding diaryl/α,β-unsaturated/α-hetero) is 1. The van der Waals surface area contributed by atoms with E-state index < -0.39 is 23.3 Å². The first-order valence-corrected chi connectivity index (χ1v) is 6.33. The average Bonchev–Trinajstić information content (AvgIpc) is 2.82. The van der Waals surface area contributed by atoms with Gasteiger partial charge in [-0.1, -0.05) is 0 Å². The number of carboxylic acid groups (broad SMARTS) is 1. The van der Waals surface area contributed by atoms with Crippen LogP contribution >= 0.6 is 0 Å². The van der Waals surface area contributed by atoms with Gasteiger partial charge in [0.15, 0.2) is 11.5 Å². The largest absolute Gasteiger partial charge is 0.476 e. The molecule has 3 rings (SSSR count). The molecule has 1 aromatic carbocycles. The van der Waals surface area contributed by atoms with Crippen molar-refractivity contribution in [3.63, 3.8) is 0 Å². The third kappa shape index (κ3) is 2.10. The normalized spacial score (nSPS) is 14.1. The number of carbonyl (C=O) groups is 2. The summed E-state index contributed by atoms with van der Waals surface area (Å²) < 4.78 is 28.2. The van der Waals surface area contributed by atoms with Crippen LogP contribution in [-0.4, -0.2) is 26.6 Å². The second-order valence-corrected chi connectivity index (χ2v) is 4.76. The monoisotopic (exact) mass is 292 g/mol. The second-order valence-electron chi connectivity index (χ2n) is 4.76. The van der Waals surface area contributed by atoms with Gasteiger partial charge in [-0.05, 0) is 25.0 Å². The van der Waals surface area contributed by atoms with Crippen molar-refractivity contribution in [1.29, 1.82) is 0 Å². The van der Waals surface area contributed by atoms with E-state index in [2.05, 4.69) is 5.10 Å². The number of hydrogen-bond acceptors (Lipinski definition) is 3. The minimum Gasteiger partial charge on any atom is -0.476 e. The van der Waals surface area contributed by atoms with Crippen LogP contribution in [0.2, 0.25) is 0 Å². The minimum absolute atomic E-state index is 0.00240. The zero-order valence-corrected chi connectivity index (χ0v) is 10.8. The van der Waals surface area contributed by atoms with E-state index in [1.807, 2.05) is 0 Å². The van der Waals surface area contributed by atoms with Gasteiger partial charge in [0.05, 0.1) is 11.3 Å². The predicted molar refractivity (Wildman–Crippen MR) is 67.7 cm³/mol. The maximum atomic E-state index is 13.9. The number of ketones is 1. The van der Waals surface area contributed by atoms with E-state index in [9.17, 15) is 18.4 Å². The SMILES string of the molecule is O=C(O)c1nn(-c2cc(F)ccc2F)c2c1C(=O)CCC2. The Labute approximate surface area is 117 Å². The molecule has 2 aromatic rings.